The first-order valence-corrected chi connectivity index (χ1v) is 6.92. The maximum Gasteiger partial charge on any atom is 0.322 e. The van der Waals surface area contributed by atoms with Crippen molar-refractivity contribution in [2.45, 2.75) is 6.92 Å². The Morgan fingerprint density at radius 3 is 2.47 bits per heavy atom. The molecule has 104 valence electrons. The van der Waals surface area contributed by atoms with Crippen LogP contribution in [0.1, 0.15) is 6.92 Å². The molecule has 0 unspecified atom stereocenters. The Bertz CT molecular complexity index is 583. The summed E-state index contributed by atoms with van der Waals surface area (Å²) in [5, 5.41) is 2.52. The van der Waals surface area contributed by atoms with Crippen molar-refractivity contribution in [3.8, 4) is 0 Å². The van der Waals surface area contributed by atoms with Crippen LogP contribution in [0.4, 0.5) is 11.4 Å². The number of carbonyl (C=O) groups excluding carboxylic acids is 2. The van der Waals surface area contributed by atoms with Gasteiger partial charge in [0.1, 0.15) is 0 Å². The highest BCUT2D eigenvalue weighted by atomic mass is 32.2. The molecule has 8 heteroatoms. The third-order valence-electron chi connectivity index (χ3n) is 1.99. The van der Waals surface area contributed by atoms with Crippen LogP contribution >= 0.6 is 0 Å². The van der Waals surface area contributed by atoms with Crippen molar-refractivity contribution in [3.05, 3.63) is 24.3 Å². The van der Waals surface area contributed by atoms with Crippen molar-refractivity contribution in [1.29, 1.82) is 0 Å². The quantitative estimate of drug-likeness (QED) is 0.770. The van der Waals surface area contributed by atoms with Crippen LogP contribution < -0.4 is 10.0 Å². The summed E-state index contributed by atoms with van der Waals surface area (Å²) in [5.74, 6) is -1.89. The molecule has 0 radical (unpaired) electrons. The minimum absolute atomic E-state index is 0.246. The van der Waals surface area contributed by atoms with E-state index in [-0.39, 0.29) is 11.6 Å². The Morgan fingerprint density at radius 2 is 1.89 bits per heavy atom. The van der Waals surface area contributed by atoms with E-state index >= 15 is 0 Å². The zero-order valence-corrected chi connectivity index (χ0v) is 11.3. The topological polar surface area (TPSA) is 102 Å². The zero-order valence-electron chi connectivity index (χ0n) is 10.5. The summed E-state index contributed by atoms with van der Waals surface area (Å²) in [6.45, 7) is 1.34. The smallest absolute Gasteiger partial charge is 0.322 e. The van der Waals surface area contributed by atoms with Crippen LogP contribution in [-0.2, 0) is 24.3 Å². The SMILES string of the molecule is COC(=O)CS(=O)(=O)Nc1cccc(NC(C)=O)c1. The first kappa shape index (κ1) is 15.0. The third kappa shape index (κ3) is 5.38. The van der Waals surface area contributed by atoms with E-state index in [4.69, 9.17) is 0 Å². The van der Waals surface area contributed by atoms with E-state index in [0.717, 1.165) is 7.11 Å². The van der Waals surface area contributed by atoms with Gasteiger partial charge in [0.05, 0.1) is 12.8 Å². The highest BCUT2D eigenvalue weighted by Crippen LogP contribution is 2.16. The molecule has 1 aromatic rings. The van der Waals surface area contributed by atoms with Gasteiger partial charge in [0.2, 0.25) is 15.9 Å². The lowest BCUT2D eigenvalue weighted by Crippen LogP contribution is -2.23. The maximum atomic E-state index is 11.6. The molecule has 7 nitrogen and oxygen atoms in total. The second-order valence-electron chi connectivity index (χ2n) is 3.70. The molecule has 0 aliphatic carbocycles. The second-order valence-corrected chi connectivity index (χ2v) is 5.42. The van der Waals surface area contributed by atoms with Crippen LogP contribution in [0.5, 0.6) is 0 Å². The first-order valence-electron chi connectivity index (χ1n) is 5.27. The Kier molecular flexibility index (Phi) is 4.87. The van der Waals surface area contributed by atoms with Crippen LogP contribution in [-0.4, -0.2) is 33.2 Å². The van der Waals surface area contributed by atoms with E-state index in [1.54, 1.807) is 12.1 Å². The highest BCUT2D eigenvalue weighted by Gasteiger charge is 2.16. The molecule has 0 saturated heterocycles. The van der Waals surface area contributed by atoms with Gasteiger partial charge in [-0.05, 0) is 18.2 Å². The largest absolute Gasteiger partial charge is 0.468 e. The number of carbonyl (C=O) groups is 2. The molecule has 1 amide bonds. The average molecular weight is 286 g/mol. The third-order valence-corrected chi connectivity index (χ3v) is 3.15. The average Bonchev–Trinajstić information content (AvgIpc) is 2.26. The number of ether oxygens (including phenoxy) is 1. The molecule has 0 saturated carbocycles. The standard InChI is InChI=1S/C11H14N2O5S/c1-8(14)12-9-4-3-5-10(6-9)13-19(16,17)7-11(15)18-2/h3-6,13H,7H2,1-2H3,(H,12,14). The van der Waals surface area contributed by atoms with E-state index in [1.165, 1.54) is 19.1 Å². The number of benzene rings is 1. The van der Waals surface area contributed by atoms with Gasteiger partial charge in [-0.25, -0.2) is 8.42 Å². The summed E-state index contributed by atoms with van der Waals surface area (Å²) in [4.78, 5) is 21.8. The van der Waals surface area contributed by atoms with Crippen LogP contribution in [0.15, 0.2) is 24.3 Å². The molecule has 0 aliphatic rings. The van der Waals surface area contributed by atoms with Crippen molar-refractivity contribution >= 4 is 33.3 Å². The number of hydrogen-bond donors (Lipinski definition) is 2. The molecule has 1 aromatic carbocycles. The number of rotatable bonds is 5. The minimum atomic E-state index is -3.83. The van der Waals surface area contributed by atoms with E-state index in [9.17, 15) is 18.0 Å². The van der Waals surface area contributed by atoms with Gasteiger partial charge in [0.15, 0.2) is 5.75 Å². The summed E-state index contributed by atoms with van der Waals surface area (Å²) in [7, 11) is -2.72. The van der Waals surface area contributed by atoms with Crippen LogP contribution in [0.25, 0.3) is 0 Å². The summed E-state index contributed by atoms with van der Waals surface area (Å²) < 4.78 is 29.7. The van der Waals surface area contributed by atoms with Crippen molar-refractivity contribution in [2.24, 2.45) is 0 Å². The van der Waals surface area contributed by atoms with E-state index in [0.29, 0.717) is 5.69 Å². The highest BCUT2D eigenvalue weighted by molar-refractivity contribution is 7.93. The van der Waals surface area contributed by atoms with Crippen LogP contribution in [0.3, 0.4) is 0 Å². The number of esters is 1. The van der Waals surface area contributed by atoms with E-state index in [2.05, 4.69) is 14.8 Å². The number of nitrogens with one attached hydrogen (secondary N) is 2. The molecule has 0 atom stereocenters. The van der Waals surface area contributed by atoms with Gasteiger partial charge in [-0.3, -0.25) is 14.3 Å². The first-order chi connectivity index (χ1) is 8.82. The van der Waals surface area contributed by atoms with Gasteiger partial charge in [0, 0.05) is 12.6 Å². The fraction of sp³-hybridized carbons (Fsp3) is 0.273. The van der Waals surface area contributed by atoms with E-state index in [1.807, 2.05) is 0 Å². The molecule has 19 heavy (non-hydrogen) atoms. The molecule has 0 aliphatic heterocycles. The Morgan fingerprint density at radius 1 is 1.26 bits per heavy atom. The number of methoxy groups -OCH3 is 1. The predicted molar refractivity (Wildman–Crippen MR) is 70.2 cm³/mol. The number of anilines is 2. The minimum Gasteiger partial charge on any atom is -0.468 e. The Balaban J connectivity index is 2.82. The Labute approximate surface area is 111 Å². The normalized spacial score (nSPS) is 10.6. The lowest BCUT2D eigenvalue weighted by atomic mass is 10.3. The lowest BCUT2D eigenvalue weighted by molar-refractivity contribution is -0.137. The molecule has 0 bridgehead atoms. The van der Waals surface area contributed by atoms with Gasteiger partial charge in [-0.2, -0.15) is 0 Å². The Hall–Kier alpha value is -2.09. The van der Waals surface area contributed by atoms with E-state index < -0.39 is 21.7 Å². The van der Waals surface area contributed by atoms with Crippen molar-refractivity contribution in [1.82, 2.24) is 0 Å². The number of amides is 1. The summed E-state index contributed by atoms with van der Waals surface area (Å²) in [6.07, 6.45) is 0. The number of hydrogen-bond acceptors (Lipinski definition) is 5. The fourth-order valence-corrected chi connectivity index (χ4v) is 2.28. The van der Waals surface area contributed by atoms with Gasteiger partial charge < -0.3 is 10.1 Å². The molecular weight excluding hydrogens is 272 g/mol. The maximum absolute atomic E-state index is 11.6. The van der Waals surface area contributed by atoms with Crippen molar-refractivity contribution in [2.75, 3.05) is 22.9 Å². The van der Waals surface area contributed by atoms with Crippen molar-refractivity contribution < 1.29 is 22.7 Å². The van der Waals surface area contributed by atoms with Crippen LogP contribution in [0, 0.1) is 0 Å². The molecule has 1 rings (SSSR count). The monoisotopic (exact) mass is 286 g/mol. The second kappa shape index (κ2) is 6.19. The molecule has 0 aromatic heterocycles. The van der Waals surface area contributed by atoms with Gasteiger partial charge in [-0.15, -0.1) is 0 Å². The predicted octanol–water partition coefficient (Wildman–Crippen LogP) is 0.560. The van der Waals surface area contributed by atoms with Gasteiger partial charge in [-0.1, -0.05) is 6.07 Å². The molecule has 0 heterocycles. The van der Waals surface area contributed by atoms with Gasteiger partial charge in [0.25, 0.3) is 0 Å². The summed E-state index contributed by atoms with van der Waals surface area (Å²) in [5.41, 5.74) is 0.695. The van der Waals surface area contributed by atoms with Crippen LogP contribution in [0.2, 0.25) is 0 Å². The number of sulfonamides is 1. The molecule has 0 fully saturated rings. The fourth-order valence-electron chi connectivity index (χ4n) is 1.29. The van der Waals surface area contributed by atoms with Gasteiger partial charge >= 0.3 is 5.97 Å². The zero-order chi connectivity index (χ0) is 14.5. The van der Waals surface area contributed by atoms with Crippen molar-refractivity contribution in [3.63, 3.8) is 0 Å². The molecule has 2 N–H and O–H groups in total. The summed E-state index contributed by atoms with van der Waals surface area (Å²) >= 11 is 0. The molecular formula is C11H14N2O5S. The summed E-state index contributed by atoms with van der Waals surface area (Å²) in [6, 6.07) is 6.12. The molecule has 0 spiro atoms. The lowest BCUT2D eigenvalue weighted by Gasteiger charge is -2.08.